The molecule has 1 aliphatic rings. The number of benzene rings is 2. The highest BCUT2D eigenvalue weighted by Crippen LogP contribution is 2.26. The second-order valence-corrected chi connectivity index (χ2v) is 7.07. The maximum atomic E-state index is 13.5. The molecule has 0 spiro atoms. The van der Waals surface area contributed by atoms with Gasteiger partial charge in [0.1, 0.15) is 5.82 Å². The summed E-state index contributed by atoms with van der Waals surface area (Å²) in [6, 6.07) is 9.19. The van der Waals surface area contributed by atoms with E-state index in [1.807, 2.05) is 0 Å². The van der Waals surface area contributed by atoms with Crippen molar-refractivity contribution in [3.8, 4) is 0 Å². The van der Waals surface area contributed by atoms with Gasteiger partial charge in [-0.2, -0.15) is 4.98 Å². The molecule has 5 nitrogen and oxygen atoms in total. The second-order valence-electron chi connectivity index (χ2n) is 7.07. The highest BCUT2D eigenvalue weighted by Gasteiger charge is 2.29. The Morgan fingerprint density at radius 2 is 1.90 bits per heavy atom. The molecule has 1 aliphatic heterocycles. The van der Waals surface area contributed by atoms with Gasteiger partial charge in [0, 0.05) is 24.6 Å². The third kappa shape index (κ3) is 4.31. The molecule has 3 aromatic rings. The summed E-state index contributed by atoms with van der Waals surface area (Å²) in [6.07, 6.45) is 1.91. The normalized spacial score (nSPS) is 16.8. The monoisotopic (exact) mass is 401 g/mol. The van der Waals surface area contributed by atoms with Crippen molar-refractivity contribution in [1.82, 2.24) is 15.0 Å². The summed E-state index contributed by atoms with van der Waals surface area (Å²) in [6.45, 7) is 0.891. The molecular weight excluding hydrogens is 383 g/mol. The molecule has 1 fully saturated rings. The van der Waals surface area contributed by atoms with Crippen LogP contribution >= 0.6 is 0 Å². The molecule has 29 heavy (non-hydrogen) atoms. The number of carbonyl (C=O) groups is 1. The van der Waals surface area contributed by atoms with E-state index in [2.05, 4.69) is 10.1 Å². The number of hydrogen-bond acceptors (Lipinski definition) is 4. The minimum Gasteiger partial charge on any atom is -0.339 e. The van der Waals surface area contributed by atoms with Crippen molar-refractivity contribution in [2.24, 2.45) is 0 Å². The molecule has 8 heteroatoms. The lowest BCUT2D eigenvalue weighted by Crippen LogP contribution is -2.39. The van der Waals surface area contributed by atoms with E-state index in [0.717, 1.165) is 30.5 Å². The van der Waals surface area contributed by atoms with Crippen LogP contribution < -0.4 is 0 Å². The largest absolute Gasteiger partial charge is 0.339 e. The zero-order valence-corrected chi connectivity index (χ0v) is 15.4. The quantitative estimate of drug-likeness (QED) is 0.661. The van der Waals surface area contributed by atoms with Crippen LogP contribution in [-0.4, -0.2) is 34.0 Å². The molecule has 0 unspecified atom stereocenters. The van der Waals surface area contributed by atoms with Gasteiger partial charge in [0.2, 0.25) is 5.89 Å². The average Bonchev–Trinajstić information content (AvgIpc) is 3.20. The minimum absolute atomic E-state index is 0.106. The topological polar surface area (TPSA) is 59.2 Å². The number of likely N-dealkylation sites (tertiary alicyclic amines) is 1. The van der Waals surface area contributed by atoms with E-state index in [0.29, 0.717) is 31.2 Å². The van der Waals surface area contributed by atoms with Crippen molar-refractivity contribution in [2.45, 2.75) is 25.2 Å². The molecule has 0 N–H and O–H groups in total. The highest BCUT2D eigenvalue weighted by atomic mass is 19.2. The zero-order chi connectivity index (χ0) is 20.4. The van der Waals surface area contributed by atoms with Crippen molar-refractivity contribution in [3.05, 3.63) is 82.8 Å². The van der Waals surface area contributed by atoms with Gasteiger partial charge in [-0.25, -0.2) is 13.2 Å². The Kier molecular flexibility index (Phi) is 5.33. The van der Waals surface area contributed by atoms with E-state index >= 15 is 0 Å². The molecule has 150 valence electrons. The summed E-state index contributed by atoms with van der Waals surface area (Å²) in [5.74, 6) is -1.90. The highest BCUT2D eigenvalue weighted by molar-refractivity contribution is 5.94. The molecule has 1 saturated heterocycles. The van der Waals surface area contributed by atoms with E-state index in [9.17, 15) is 18.0 Å². The fourth-order valence-electron chi connectivity index (χ4n) is 3.47. The molecular formula is C21H18F3N3O2. The Balaban J connectivity index is 1.44. The number of nitrogens with zero attached hydrogens (tertiary/aromatic N) is 3. The summed E-state index contributed by atoms with van der Waals surface area (Å²) in [5, 5.41) is 4.04. The molecule has 0 radical (unpaired) electrons. The van der Waals surface area contributed by atoms with E-state index in [1.54, 1.807) is 17.0 Å². The molecule has 4 rings (SSSR count). The number of carbonyl (C=O) groups excluding carboxylic acids is 1. The lowest BCUT2D eigenvalue weighted by atomic mass is 9.96. The van der Waals surface area contributed by atoms with Crippen molar-refractivity contribution < 1.29 is 22.5 Å². The van der Waals surface area contributed by atoms with Crippen LogP contribution in [0.25, 0.3) is 0 Å². The molecule has 1 aromatic heterocycles. The van der Waals surface area contributed by atoms with Crippen LogP contribution in [0.4, 0.5) is 13.2 Å². The number of piperidine rings is 1. The Hall–Kier alpha value is -3.16. The fourth-order valence-corrected chi connectivity index (χ4v) is 3.47. The summed E-state index contributed by atoms with van der Waals surface area (Å²) in [4.78, 5) is 18.7. The third-order valence-electron chi connectivity index (χ3n) is 4.99. The molecule has 0 aliphatic carbocycles. The van der Waals surface area contributed by atoms with Gasteiger partial charge in [0.15, 0.2) is 17.5 Å². The third-order valence-corrected chi connectivity index (χ3v) is 4.99. The standard InChI is InChI=1S/C21H18F3N3O2/c22-16-6-3-13(4-7-16)10-19-25-20(26-29-19)15-2-1-9-27(12-15)21(28)14-5-8-17(23)18(24)11-14/h3-8,11,15H,1-2,9-10,12H2/t15-/m0/s1. The second kappa shape index (κ2) is 8.06. The summed E-state index contributed by atoms with van der Waals surface area (Å²) in [5.41, 5.74) is 0.954. The van der Waals surface area contributed by atoms with Gasteiger partial charge >= 0.3 is 0 Å². The predicted octanol–water partition coefficient (Wildman–Crippen LogP) is 4.10. The lowest BCUT2D eigenvalue weighted by Gasteiger charge is -2.31. The first-order valence-corrected chi connectivity index (χ1v) is 9.31. The van der Waals surface area contributed by atoms with Crippen LogP contribution in [0.1, 0.15) is 46.4 Å². The van der Waals surface area contributed by atoms with Crippen LogP contribution in [0.2, 0.25) is 0 Å². The van der Waals surface area contributed by atoms with Gasteiger partial charge in [0.25, 0.3) is 5.91 Å². The summed E-state index contributed by atoms with van der Waals surface area (Å²) >= 11 is 0. The van der Waals surface area contributed by atoms with Crippen molar-refractivity contribution in [1.29, 1.82) is 0 Å². The average molecular weight is 401 g/mol. The zero-order valence-electron chi connectivity index (χ0n) is 15.4. The maximum absolute atomic E-state index is 13.5. The van der Waals surface area contributed by atoms with Crippen LogP contribution in [0.5, 0.6) is 0 Å². The van der Waals surface area contributed by atoms with E-state index in [-0.39, 0.29) is 23.2 Å². The first-order valence-electron chi connectivity index (χ1n) is 9.31. The maximum Gasteiger partial charge on any atom is 0.253 e. The Labute approximate surface area is 165 Å². The number of aromatic nitrogens is 2. The van der Waals surface area contributed by atoms with Crippen molar-refractivity contribution in [3.63, 3.8) is 0 Å². The van der Waals surface area contributed by atoms with Gasteiger partial charge in [0.05, 0.1) is 6.42 Å². The summed E-state index contributed by atoms with van der Waals surface area (Å²) in [7, 11) is 0. The summed E-state index contributed by atoms with van der Waals surface area (Å²) < 4.78 is 44.9. The SMILES string of the molecule is O=C(c1ccc(F)c(F)c1)N1CCC[C@H](c2noc(Cc3ccc(F)cc3)n2)C1. The van der Waals surface area contributed by atoms with Crippen LogP contribution in [0.15, 0.2) is 47.0 Å². The first kappa shape index (κ1) is 19.2. The van der Waals surface area contributed by atoms with E-state index in [4.69, 9.17) is 4.52 Å². The molecule has 2 heterocycles. The Morgan fingerprint density at radius 3 is 2.66 bits per heavy atom. The fraction of sp³-hybridized carbons (Fsp3) is 0.286. The first-order chi connectivity index (χ1) is 14.0. The molecule has 1 atom stereocenters. The van der Waals surface area contributed by atoms with Gasteiger partial charge < -0.3 is 9.42 Å². The number of rotatable bonds is 4. The molecule has 2 aromatic carbocycles. The van der Waals surface area contributed by atoms with Gasteiger partial charge in [-0.1, -0.05) is 17.3 Å². The van der Waals surface area contributed by atoms with Crippen molar-refractivity contribution in [2.75, 3.05) is 13.1 Å². The minimum atomic E-state index is -1.05. The van der Waals surface area contributed by atoms with E-state index < -0.39 is 11.6 Å². The van der Waals surface area contributed by atoms with Crippen LogP contribution in [-0.2, 0) is 6.42 Å². The molecule has 1 amide bonds. The number of halogens is 3. The lowest BCUT2D eigenvalue weighted by molar-refractivity contribution is 0.0703. The van der Waals surface area contributed by atoms with Crippen LogP contribution in [0.3, 0.4) is 0 Å². The van der Waals surface area contributed by atoms with E-state index in [1.165, 1.54) is 18.2 Å². The van der Waals surface area contributed by atoms with Gasteiger partial charge in [-0.05, 0) is 48.7 Å². The van der Waals surface area contributed by atoms with Gasteiger partial charge in [-0.3, -0.25) is 4.79 Å². The smallest absolute Gasteiger partial charge is 0.253 e. The molecule has 0 saturated carbocycles. The van der Waals surface area contributed by atoms with Crippen molar-refractivity contribution >= 4 is 5.91 Å². The predicted molar refractivity (Wildman–Crippen MR) is 97.7 cm³/mol. The van der Waals surface area contributed by atoms with Crippen LogP contribution in [0, 0.1) is 17.5 Å². The Morgan fingerprint density at radius 1 is 1.10 bits per heavy atom. The number of amides is 1. The van der Waals surface area contributed by atoms with Gasteiger partial charge in [-0.15, -0.1) is 0 Å². The number of hydrogen-bond donors (Lipinski definition) is 0. The Bertz CT molecular complexity index is 1020. The molecule has 0 bridgehead atoms.